The number of thiazole rings is 1. The van der Waals surface area contributed by atoms with Gasteiger partial charge in [-0.15, -0.1) is 11.3 Å². The molecule has 2 rings (SSSR count). The number of benzene rings is 1. The number of nitrogens with zero attached hydrogens (tertiary/aromatic N) is 1. The maximum atomic E-state index is 12.9. The molecule has 0 aliphatic carbocycles. The van der Waals surface area contributed by atoms with E-state index in [-0.39, 0.29) is 5.82 Å². The molecular formula is C10H8FNS2. The van der Waals surface area contributed by atoms with Gasteiger partial charge in [-0.1, -0.05) is 12.1 Å². The second-order valence-electron chi connectivity index (χ2n) is 2.79. The first-order valence-electron chi connectivity index (χ1n) is 4.11. The third kappa shape index (κ3) is 1.96. The Bertz CT molecular complexity index is 439. The van der Waals surface area contributed by atoms with Crippen LogP contribution in [-0.2, 0) is 5.75 Å². The fraction of sp³-hybridized carbons (Fsp3) is 0.100. The minimum absolute atomic E-state index is 0.233. The number of aromatic nitrogens is 1. The molecule has 0 bridgehead atoms. The number of thiol groups is 1. The zero-order valence-corrected chi connectivity index (χ0v) is 8.99. The Morgan fingerprint density at radius 1 is 1.43 bits per heavy atom. The number of hydrogen-bond donors (Lipinski definition) is 1. The third-order valence-electron chi connectivity index (χ3n) is 1.81. The van der Waals surface area contributed by atoms with Gasteiger partial charge in [0.2, 0.25) is 0 Å². The lowest BCUT2D eigenvalue weighted by molar-refractivity contribution is 0.628. The van der Waals surface area contributed by atoms with Gasteiger partial charge >= 0.3 is 0 Å². The Balaban J connectivity index is 2.39. The molecule has 0 unspecified atom stereocenters. The van der Waals surface area contributed by atoms with Crippen molar-refractivity contribution in [3.05, 3.63) is 40.5 Å². The molecule has 72 valence electrons. The van der Waals surface area contributed by atoms with E-state index >= 15 is 0 Å². The van der Waals surface area contributed by atoms with E-state index in [1.807, 2.05) is 11.4 Å². The summed E-state index contributed by atoms with van der Waals surface area (Å²) in [7, 11) is 0. The molecule has 0 N–H and O–H groups in total. The highest BCUT2D eigenvalue weighted by Gasteiger charge is 2.03. The van der Waals surface area contributed by atoms with Gasteiger partial charge < -0.3 is 0 Å². The van der Waals surface area contributed by atoms with Gasteiger partial charge in [0.15, 0.2) is 0 Å². The summed E-state index contributed by atoms with van der Waals surface area (Å²) in [6, 6.07) is 6.44. The largest absolute Gasteiger partial charge is 0.240 e. The summed E-state index contributed by atoms with van der Waals surface area (Å²) in [4.78, 5) is 4.32. The van der Waals surface area contributed by atoms with Crippen molar-refractivity contribution in [1.82, 2.24) is 4.98 Å². The van der Waals surface area contributed by atoms with Crippen LogP contribution in [0.5, 0.6) is 0 Å². The van der Waals surface area contributed by atoms with E-state index in [4.69, 9.17) is 0 Å². The molecule has 0 saturated carbocycles. The lowest BCUT2D eigenvalue weighted by Gasteiger charge is -1.95. The summed E-state index contributed by atoms with van der Waals surface area (Å²) < 4.78 is 12.9. The predicted octanol–water partition coefficient (Wildman–Crippen LogP) is 3.38. The average Bonchev–Trinajstić information content (AvgIpc) is 2.66. The molecule has 14 heavy (non-hydrogen) atoms. The molecule has 0 spiro atoms. The van der Waals surface area contributed by atoms with Gasteiger partial charge in [-0.2, -0.15) is 12.6 Å². The maximum Gasteiger partial charge on any atom is 0.123 e. The first kappa shape index (κ1) is 9.68. The van der Waals surface area contributed by atoms with Gasteiger partial charge in [-0.05, 0) is 12.1 Å². The summed E-state index contributed by atoms with van der Waals surface area (Å²) in [6.45, 7) is 0. The van der Waals surface area contributed by atoms with Crippen molar-refractivity contribution in [1.29, 1.82) is 0 Å². The van der Waals surface area contributed by atoms with Crippen LogP contribution in [0, 0.1) is 5.82 Å². The number of hydrogen-bond acceptors (Lipinski definition) is 3. The zero-order valence-electron chi connectivity index (χ0n) is 7.27. The van der Waals surface area contributed by atoms with Crippen molar-refractivity contribution in [2.24, 2.45) is 0 Å². The molecule has 1 heterocycles. The third-order valence-corrected chi connectivity index (χ3v) is 3.17. The second-order valence-corrected chi connectivity index (χ2v) is 4.05. The van der Waals surface area contributed by atoms with Crippen LogP contribution in [0.1, 0.15) is 5.01 Å². The summed E-state index contributed by atoms with van der Waals surface area (Å²) in [5, 5.41) is 2.87. The molecule has 2 aromatic rings. The SMILES string of the molecule is Fc1cccc(-c2csc(CS)n2)c1. The normalized spacial score (nSPS) is 10.4. The molecule has 0 aliphatic rings. The number of rotatable bonds is 2. The molecule has 1 aromatic heterocycles. The van der Waals surface area contributed by atoms with Crippen molar-refractivity contribution >= 4 is 24.0 Å². The lowest BCUT2D eigenvalue weighted by atomic mass is 10.2. The van der Waals surface area contributed by atoms with E-state index in [0.29, 0.717) is 5.75 Å². The molecular weight excluding hydrogens is 217 g/mol. The van der Waals surface area contributed by atoms with Gasteiger partial charge in [0.05, 0.1) is 5.69 Å². The quantitative estimate of drug-likeness (QED) is 0.773. The predicted molar refractivity (Wildman–Crippen MR) is 60.2 cm³/mol. The van der Waals surface area contributed by atoms with Crippen LogP contribution in [0.15, 0.2) is 29.6 Å². The van der Waals surface area contributed by atoms with Gasteiger partial charge in [0.1, 0.15) is 10.8 Å². The second kappa shape index (κ2) is 4.11. The summed E-state index contributed by atoms with van der Waals surface area (Å²) >= 11 is 5.67. The van der Waals surface area contributed by atoms with Gasteiger partial charge in [-0.3, -0.25) is 0 Å². The van der Waals surface area contributed by atoms with E-state index in [0.717, 1.165) is 16.3 Å². The average molecular weight is 225 g/mol. The molecule has 4 heteroatoms. The highest BCUT2D eigenvalue weighted by atomic mass is 32.1. The first-order chi connectivity index (χ1) is 6.79. The van der Waals surface area contributed by atoms with Crippen molar-refractivity contribution in [3.8, 4) is 11.3 Å². The first-order valence-corrected chi connectivity index (χ1v) is 5.62. The standard InChI is InChI=1S/C10H8FNS2/c11-8-3-1-2-7(4-8)9-6-14-10(5-13)12-9/h1-4,6,13H,5H2. The highest BCUT2D eigenvalue weighted by molar-refractivity contribution is 7.79. The van der Waals surface area contributed by atoms with Crippen LogP contribution in [0.2, 0.25) is 0 Å². The van der Waals surface area contributed by atoms with Crippen LogP contribution in [-0.4, -0.2) is 4.98 Å². The fourth-order valence-corrected chi connectivity index (χ4v) is 2.12. The van der Waals surface area contributed by atoms with E-state index in [9.17, 15) is 4.39 Å². The lowest BCUT2D eigenvalue weighted by Crippen LogP contribution is -1.81. The Hall–Kier alpha value is -0.870. The Labute approximate surface area is 91.0 Å². The Morgan fingerprint density at radius 3 is 2.93 bits per heavy atom. The smallest absolute Gasteiger partial charge is 0.123 e. The van der Waals surface area contributed by atoms with Crippen molar-refractivity contribution in [3.63, 3.8) is 0 Å². The molecule has 1 nitrogen and oxygen atoms in total. The molecule has 0 atom stereocenters. The molecule has 0 saturated heterocycles. The van der Waals surface area contributed by atoms with E-state index in [2.05, 4.69) is 17.6 Å². The van der Waals surface area contributed by atoms with Crippen LogP contribution in [0.25, 0.3) is 11.3 Å². The summed E-state index contributed by atoms with van der Waals surface area (Å²) in [5.74, 6) is 0.392. The Morgan fingerprint density at radius 2 is 2.29 bits per heavy atom. The van der Waals surface area contributed by atoms with Crippen molar-refractivity contribution < 1.29 is 4.39 Å². The van der Waals surface area contributed by atoms with Crippen LogP contribution < -0.4 is 0 Å². The summed E-state index contributed by atoms with van der Waals surface area (Å²) in [5.41, 5.74) is 1.63. The van der Waals surface area contributed by atoms with Gasteiger partial charge in [0, 0.05) is 16.7 Å². The molecule has 0 aliphatic heterocycles. The van der Waals surface area contributed by atoms with E-state index < -0.39 is 0 Å². The van der Waals surface area contributed by atoms with Crippen LogP contribution in [0.3, 0.4) is 0 Å². The van der Waals surface area contributed by atoms with Crippen LogP contribution >= 0.6 is 24.0 Å². The fourth-order valence-electron chi connectivity index (χ4n) is 1.16. The highest BCUT2D eigenvalue weighted by Crippen LogP contribution is 2.22. The van der Waals surface area contributed by atoms with E-state index in [1.54, 1.807) is 17.4 Å². The minimum atomic E-state index is -0.233. The van der Waals surface area contributed by atoms with Crippen LogP contribution in [0.4, 0.5) is 4.39 Å². The molecule has 0 radical (unpaired) electrons. The Kier molecular flexibility index (Phi) is 2.84. The zero-order chi connectivity index (χ0) is 9.97. The van der Waals surface area contributed by atoms with Gasteiger partial charge in [-0.25, -0.2) is 9.37 Å². The molecule has 1 aromatic carbocycles. The van der Waals surface area contributed by atoms with Gasteiger partial charge in [0.25, 0.3) is 0 Å². The topological polar surface area (TPSA) is 12.9 Å². The van der Waals surface area contributed by atoms with E-state index in [1.165, 1.54) is 12.1 Å². The minimum Gasteiger partial charge on any atom is -0.240 e. The molecule has 0 amide bonds. The number of halogens is 1. The monoisotopic (exact) mass is 225 g/mol. The van der Waals surface area contributed by atoms with Crippen molar-refractivity contribution in [2.75, 3.05) is 0 Å². The summed E-state index contributed by atoms with van der Waals surface area (Å²) in [6.07, 6.45) is 0. The van der Waals surface area contributed by atoms with Crippen molar-refractivity contribution in [2.45, 2.75) is 5.75 Å². The maximum absolute atomic E-state index is 12.9. The molecule has 0 fully saturated rings.